The Kier molecular flexibility index (Phi) is 11.2. The predicted octanol–water partition coefficient (Wildman–Crippen LogP) is 17.7. The zero-order valence-corrected chi connectivity index (χ0v) is 47.4. The summed E-state index contributed by atoms with van der Waals surface area (Å²) in [5, 5.41) is 0. The summed E-state index contributed by atoms with van der Waals surface area (Å²) in [6, 6.07) is 64.1. The van der Waals surface area contributed by atoms with Crippen LogP contribution in [0.5, 0.6) is 0 Å². The maximum Gasteiger partial charge on any atom is 0.252 e. The van der Waals surface area contributed by atoms with Gasteiger partial charge in [0.2, 0.25) is 0 Å². The smallest absolute Gasteiger partial charge is 0.252 e. The molecular weight excluding hydrogens is 904 g/mol. The molecule has 0 spiro atoms. The van der Waals surface area contributed by atoms with Gasteiger partial charge in [-0.25, -0.2) is 0 Å². The minimum absolute atomic E-state index is 0.0182. The highest BCUT2D eigenvalue weighted by molar-refractivity contribution is 7.00. The maximum absolute atomic E-state index is 2.73. The molecule has 0 unspecified atom stereocenters. The fourth-order valence-electron chi connectivity index (χ4n) is 13.8. The topological polar surface area (TPSA) is 6.48 Å². The lowest BCUT2D eigenvalue weighted by molar-refractivity contribution is 0.332. The molecule has 75 heavy (non-hydrogen) atoms. The van der Waals surface area contributed by atoms with Crippen molar-refractivity contribution in [2.45, 2.75) is 155 Å². The zero-order valence-electron chi connectivity index (χ0n) is 47.4. The second kappa shape index (κ2) is 17.0. The Morgan fingerprint density at radius 1 is 0.400 bits per heavy atom. The highest BCUT2D eigenvalue weighted by Crippen LogP contribution is 2.55. The quantitative estimate of drug-likeness (QED) is 0.153. The van der Waals surface area contributed by atoms with Crippen LogP contribution in [0.4, 0.5) is 34.1 Å². The van der Waals surface area contributed by atoms with Gasteiger partial charge in [-0.2, -0.15) is 0 Å². The summed E-state index contributed by atoms with van der Waals surface area (Å²) in [5.41, 5.74) is 27.6. The SMILES string of the molecule is Cc1cc2c3c(c1)N(c1c(-c4ccccc4)cc(C(C)(C)C)cc1-c1ccccc1)c1cc(C(C)(C)c4ccccc4)ccc1B3c1cc3c(cc1N2c1ccc2c(c1)C(C)(C)CCC2(C)C)C(C)(C)CCC3(C)C. The molecule has 4 aliphatic rings. The summed E-state index contributed by atoms with van der Waals surface area (Å²) >= 11 is 0. The molecule has 0 fully saturated rings. The number of hydrogen-bond acceptors (Lipinski definition) is 2. The number of benzene rings is 8. The van der Waals surface area contributed by atoms with Crippen LogP contribution in [-0.4, -0.2) is 6.71 Å². The van der Waals surface area contributed by atoms with Crippen LogP contribution in [0.2, 0.25) is 0 Å². The molecule has 8 aromatic rings. The van der Waals surface area contributed by atoms with Crippen LogP contribution in [0.3, 0.4) is 0 Å². The molecule has 0 aromatic heterocycles. The van der Waals surface area contributed by atoms with E-state index in [0.29, 0.717) is 0 Å². The monoisotopic (exact) mass is 981 g/mol. The molecule has 0 saturated carbocycles. The van der Waals surface area contributed by atoms with Crippen molar-refractivity contribution in [1.82, 2.24) is 0 Å². The van der Waals surface area contributed by atoms with Crippen LogP contribution in [0.15, 0.2) is 164 Å². The van der Waals surface area contributed by atoms with Crippen LogP contribution in [-0.2, 0) is 32.5 Å². The van der Waals surface area contributed by atoms with Crippen LogP contribution < -0.4 is 26.2 Å². The Labute approximate surface area is 450 Å². The van der Waals surface area contributed by atoms with Crippen LogP contribution in [0, 0.1) is 6.92 Å². The van der Waals surface area contributed by atoms with E-state index in [2.05, 4.69) is 271 Å². The van der Waals surface area contributed by atoms with Crippen molar-refractivity contribution < 1.29 is 0 Å². The zero-order chi connectivity index (χ0) is 52.8. The van der Waals surface area contributed by atoms with E-state index in [1.165, 1.54) is 130 Å². The van der Waals surface area contributed by atoms with Gasteiger partial charge in [0.25, 0.3) is 6.71 Å². The van der Waals surface area contributed by atoms with Gasteiger partial charge in [0, 0.05) is 45.0 Å². The van der Waals surface area contributed by atoms with E-state index in [-0.39, 0.29) is 39.2 Å². The number of fused-ring (bicyclic) bond motifs is 6. The van der Waals surface area contributed by atoms with Crippen LogP contribution in [0.25, 0.3) is 22.3 Å². The van der Waals surface area contributed by atoms with E-state index < -0.39 is 0 Å². The number of rotatable bonds is 6. The van der Waals surface area contributed by atoms with Crippen molar-refractivity contribution in [2.24, 2.45) is 0 Å². The summed E-state index contributed by atoms with van der Waals surface area (Å²) in [5.74, 6) is 0. The maximum atomic E-state index is 2.73. The minimum Gasteiger partial charge on any atom is -0.311 e. The lowest BCUT2D eigenvalue weighted by atomic mass is 9.33. The average molecular weight is 981 g/mol. The van der Waals surface area contributed by atoms with Crippen LogP contribution in [0.1, 0.15) is 160 Å². The molecular formula is C72H77BN2. The number of anilines is 6. The van der Waals surface area contributed by atoms with Crippen molar-refractivity contribution in [3.8, 4) is 22.3 Å². The van der Waals surface area contributed by atoms with E-state index in [9.17, 15) is 0 Å². The third-order valence-electron chi connectivity index (χ3n) is 18.9. The highest BCUT2D eigenvalue weighted by atomic mass is 15.2. The summed E-state index contributed by atoms with van der Waals surface area (Å²) < 4.78 is 0. The normalized spacial score (nSPS) is 17.6. The van der Waals surface area contributed by atoms with E-state index in [1.807, 2.05) is 0 Å². The minimum atomic E-state index is -0.272. The first kappa shape index (κ1) is 49.3. The van der Waals surface area contributed by atoms with Gasteiger partial charge in [-0.1, -0.05) is 205 Å². The highest BCUT2D eigenvalue weighted by Gasteiger charge is 2.48. The van der Waals surface area contributed by atoms with E-state index >= 15 is 0 Å². The van der Waals surface area contributed by atoms with E-state index in [0.717, 1.165) is 12.8 Å². The molecule has 3 heteroatoms. The van der Waals surface area contributed by atoms with Gasteiger partial charge in [0.1, 0.15) is 0 Å². The lowest BCUT2D eigenvalue weighted by Gasteiger charge is -2.48. The Morgan fingerprint density at radius 2 is 0.880 bits per heavy atom. The summed E-state index contributed by atoms with van der Waals surface area (Å²) in [6.45, 7) is 34.0. The Bertz CT molecular complexity index is 3510. The van der Waals surface area contributed by atoms with Gasteiger partial charge in [0.05, 0.1) is 5.69 Å². The first-order valence-corrected chi connectivity index (χ1v) is 28.0. The molecule has 378 valence electrons. The molecule has 8 aromatic carbocycles. The largest absolute Gasteiger partial charge is 0.311 e. The third kappa shape index (κ3) is 7.88. The summed E-state index contributed by atoms with van der Waals surface area (Å²) in [6.07, 6.45) is 4.68. The number of hydrogen-bond donors (Lipinski definition) is 0. The second-order valence-corrected chi connectivity index (χ2v) is 27.2. The van der Waals surface area contributed by atoms with Gasteiger partial charge >= 0.3 is 0 Å². The van der Waals surface area contributed by atoms with Gasteiger partial charge in [-0.15, -0.1) is 0 Å². The number of aryl methyl sites for hydroxylation is 1. The third-order valence-corrected chi connectivity index (χ3v) is 18.9. The molecule has 0 atom stereocenters. The first-order valence-electron chi connectivity index (χ1n) is 28.0. The lowest BCUT2D eigenvalue weighted by Crippen LogP contribution is -2.62. The fourth-order valence-corrected chi connectivity index (χ4v) is 13.8. The van der Waals surface area contributed by atoms with Crippen LogP contribution >= 0.6 is 0 Å². The van der Waals surface area contributed by atoms with Crippen molar-refractivity contribution in [3.05, 3.63) is 208 Å². The molecule has 2 nitrogen and oxygen atoms in total. The molecule has 0 amide bonds. The molecule has 0 bridgehead atoms. The molecule has 0 radical (unpaired) electrons. The molecule has 2 aliphatic heterocycles. The standard InChI is InChI=1S/C72H77BN2/c1-46-38-63-65-64(39-46)75(66-53(47-24-18-15-19-25-47)40-51(67(2,3)4)41-54(66)48-26-20-16-21-27-48)61-42-50(72(13,14)49-28-22-17-23-29-49)30-33-59(61)73(65)60-44-57-58(71(11,12)37-36-70(57,9)10)45-62(60)74(63)52-31-32-55-56(43-52)69(7,8)35-34-68(55,5)6/h15-33,38-45H,34-37H2,1-14H3. The average Bonchev–Trinajstić information content (AvgIpc) is 3.43. The molecule has 2 heterocycles. The predicted molar refractivity (Wildman–Crippen MR) is 324 cm³/mol. The van der Waals surface area contributed by atoms with E-state index in [4.69, 9.17) is 0 Å². The second-order valence-electron chi connectivity index (χ2n) is 27.2. The van der Waals surface area contributed by atoms with Gasteiger partial charge < -0.3 is 9.80 Å². The van der Waals surface area contributed by atoms with Gasteiger partial charge in [-0.05, 0) is 180 Å². The summed E-state index contributed by atoms with van der Waals surface area (Å²) in [4.78, 5) is 5.44. The molecule has 0 N–H and O–H groups in total. The van der Waals surface area contributed by atoms with Crippen molar-refractivity contribution in [1.29, 1.82) is 0 Å². The Balaban J connectivity index is 1.24. The van der Waals surface area contributed by atoms with Crippen molar-refractivity contribution in [3.63, 3.8) is 0 Å². The fraction of sp³-hybridized carbons (Fsp3) is 0.333. The van der Waals surface area contributed by atoms with Gasteiger partial charge in [0.15, 0.2) is 0 Å². The van der Waals surface area contributed by atoms with E-state index in [1.54, 1.807) is 0 Å². The molecule has 2 aliphatic carbocycles. The first-order chi connectivity index (χ1) is 35.5. The Hall–Kier alpha value is -6.58. The van der Waals surface area contributed by atoms with Gasteiger partial charge in [-0.3, -0.25) is 0 Å². The van der Waals surface area contributed by atoms with Crippen molar-refractivity contribution in [2.75, 3.05) is 9.80 Å². The Morgan fingerprint density at radius 3 is 1.43 bits per heavy atom. The molecule has 12 rings (SSSR count). The van der Waals surface area contributed by atoms with Crippen molar-refractivity contribution >= 4 is 57.2 Å². The number of nitrogens with zero attached hydrogens (tertiary/aromatic N) is 2. The molecule has 0 saturated heterocycles. The summed E-state index contributed by atoms with van der Waals surface area (Å²) in [7, 11) is 0.